The molecule has 6 heteroatoms. The minimum Gasteiger partial charge on any atom is -0.507 e. The number of likely N-dealkylation sites (N-methyl/N-ethyl adjacent to an activating group) is 1. The third-order valence-electron chi connectivity index (χ3n) is 6.68. The average Bonchev–Trinajstić information content (AvgIpc) is 3.08. The van der Waals surface area contributed by atoms with E-state index in [0.29, 0.717) is 30.4 Å². The molecule has 0 bridgehead atoms. The number of nitrogens with zero attached hydrogens (tertiary/aromatic N) is 1. The number of Topliss-reactive ketones (excluding diaryl/α,β-unsaturated/α-hetero) is 1. The van der Waals surface area contributed by atoms with E-state index in [1.165, 1.54) is 4.90 Å². The molecule has 6 nitrogen and oxygen atoms in total. The van der Waals surface area contributed by atoms with E-state index in [0.717, 1.165) is 36.3 Å². The van der Waals surface area contributed by atoms with E-state index in [9.17, 15) is 14.7 Å². The van der Waals surface area contributed by atoms with Gasteiger partial charge in [-0.2, -0.15) is 0 Å². The number of nitrogens with one attached hydrogen (secondary N) is 1. The average molecular weight is 480 g/mol. The van der Waals surface area contributed by atoms with Crippen LogP contribution in [0.2, 0.25) is 0 Å². The summed E-state index contributed by atoms with van der Waals surface area (Å²) in [5.41, 5.74) is 3.37. The summed E-state index contributed by atoms with van der Waals surface area (Å²) in [6, 6.07) is 12.6. The molecule has 1 fully saturated rings. The van der Waals surface area contributed by atoms with Crippen molar-refractivity contribution in [1.82, 2.24) is 4.90 Å². The number of aryl methyl sites for hydroxylation is 2. The van der Waals surface area contributed by atoms with Gasteiger partial charge in [-0.3, -0.25) is 9.59 Å². The third kappa shape index (κ3) is 5.93. The molecule has 1 heterocycles. The molecule has 1 atom stereocenters. The van der Waals surface area contributed by atoms with Crippen LogP contribution in [0.1, 0.15) is 56.0 Å². The lowest BCUT2D eigenvalue weighted by Gasteiger charge is -2.27. The molecule has 0 unspecified atom stereocenters. The second-order valence-corrected chi connectivity index (χ2v) is 9.79. The van der Waals surface area contributed by atoms with Crippen LogP contribution >= 0.6 is 0 Å². The van der Waals surface area contributed by atoms with Gasteiger partial charge in [-0.25, -0.2) is 0 Å². The Morgan fingerprint density at radius 3 is 2.29 bits per heavy atom. The number of benzene rings is 2. The number of ether oxygens (including phenoxy) is 1. The standard InChI is InChI=1S/C29H38N2O4/c1-7-30(8-2)15-16-31-26(22-11-9-20(5)10-12-22)25(28(33)29(31)34)27(32)24-14-13-23(17-21(24)6)35-18-19(3)4/h9-14,17,19,26,32H,7-8,15-16,18H2,1-6H3/p+1/t26-/m1/s1. The third-order valence-corrected chi connectivity index (χ3v) is 6.68. The maximum atomic E-state index is 13.3. The van der Waals surface area contributed by atoms with Gasteiger partial charge < -0.3 is 19.6 Å². The highest BCUT2D eigenvalue weighted by Crippen LogP contribution is 2.40. The highest BCUT2D eigenvalue weighted by Gasteiger charge is 2.46. The van der Waals surface area contributed by atoms with E-state index >= 15 is 0 Å². The predicted molar refractivity (Wildman–Crippen MR) is 139 cm³/mol. The predicted octanol–water partition coefficient (Wildman–Crippen LogP) is 3.68. The van der Waals surface area contributed by atoms with Crippen LogP contribution in [0.5, 0.6) is 5.75 Å². The first-order valence-corrected chi connectivity index (χ1v) is 12.6. The number of aliphatic hydroxyl groups excluding tert-OH is 1. The maximum absolute atomic E-state index is 13.3. The lowest BCUT2D eigenvalue weighted by molar-refractivity contribution is -0.895. The van der Waals surface area contributed by atoms with Gasteiger partial charge in [0.05, 0.1) is 44.4 Å². The Balaban J connectivity index is 2.05. The first-order chi connectivity index (χ1) is 16.7. The van der Waals surface area contributed by atoms with Crippen LogP contribution in [0.25, 0.3) is 5.76 Å². The second kappa shape index (κ2) is 11.5. The van der Waals surface area contributed by atoms with E-state index in [2.05, 4.69) is 27.7 Å². The minimum absolute atomic E-state index is 0.139. The van der Waals surface area contributed by atoms with Gasteiger partial charge in [0.15, 0.2) is 0 Å². The number of hydrogen-bond donors (Lipinski definition) is 2. The summed E-state index contributed by atoms with van der Waals surface area (Å²) >= 11 is 0. The van der Waals surface area contributed by atoms with Crippen LogP contribution in [-0.4, -0.2) is 54.5 Å². The zero-order valence-electron chi connectivity index (χ0n) is 21.9. The normalized spacial score (nSPS) is 17.6. The van der Waals surface area contributed by atoms with Crippen molar-refractivity contribution < 1.29 is 24.3 Å². The number of likely N-dealkylation sites (tertiary alicyclic amines) is 1. The van der Waals surface area contributed by atoms with Gasteiger partial charge in [-0.15, -0.1) is 0 Å². The van der Waals surface area contributed by atoms with E-state index in [-0.39, 0.29) is 11.3 Å². The van der Waals surface area contributed by atoms with Gasteiger partial charge >= 0.3 is 0 Å². The molecule has 1 aliphatic heterocycles. The molecule has 2 N–H and O–H groups in total. The summed E-state index contributed by atoms with van der Waals surface area (Å²) < 4.78 is 5.81. The van der Waals surface area contributed by atoms with E-state index in [1.807, 2.05) is 44.2 Å². The fraction of sp³-hybridized carbons (Fsp3) is 0.448. The molecule has 0 radical (unpaired) electrons. The van der Waals surface area contributed by atoms with Gasteiger partial charge in [-0.05, 0) is 62.9 Å². The van der Waals surface area contributed by atoms with Crippen molar-refractivity contribution in [1.29, 1.82) is 0 Å². The van der Waals surface area contributed by atoms with Crippen molar-refractivity contribution in [2.45, 2.75) is 47.6 Å². The molecule has 0 aromatic heterocycles. The lowest BCUT2D eigenvalue weighted by Crippen LogP contribution is -3.12. The molecule has 1 aliphatic rings. The van der Waals surface area contributed by atoms with Crippen LogP contribution < -0.4 is 9.64 Å². The number of hydrogen-bond acceptors (Lipinski definition) is 4. The van der Waals surface area contributed by atoms with Gasteiger partial charge in [0, 0.05) is 5.56 Å². The zero-order chi connectivity index (χ0) is 25.7. The molecule has 0 spiro atoms. The van der Waals surface area contributed by atoms with E-state index in [1.54, 1.807) is 17.0 Å². The molecule has 3 rings (SSSR count). The fourth-order valence-corrected chi connectivity index (χ4v) is 4.49. The van der Waals surface area contributed by atoms with Crippen LogP contribution in [0, 0.1) is 19.8 Å². The quantitative estimate of drug-likeness (QED) is 0.310. The van der Waals surface area contributed by atoms with E-state index in [4.69, 9.17) is 4.74 Å². The zero-order valence-corrected chi connectivity index (χ0v) is 21.9. The van der Waals surface area contributed by atoms with Gasteiger partial charge in [0.25, 0.3) is 11.7 Å². The molecule has 1 saturated heterocycles. The molecule has 0 saturated carbocycles. The second-order valence-electron chi connectivity index (χ2n) is 9.79. The Bertz CT molecular complexity index is 1080. The van der Waals surface area contributed by atoms with Gasteiger partial charge in [0.2, 0.25) is 0 Å². The van der Waals surface area contributed by atoms with Crippen molar-refractivity contribution in [3.8, 4) is 5.75 Å². The Morgan fingerprint density at radius 2 is 1.71 bits per heavy atom. The van der Waals surface area contributed by atoms with Crippen molar-refractivity contribution in [3.63, 3.8) is 0 Å². The Morgan fingerprint density at radius 1 is 1.06 bits per heavy atom. The number of quaternary nitrogens is 1. The Hall–Kier alpha value is -3.12. The van der Waals surface area contributed by atoms with Gasteiger partial charge in [-0.1, -0.05) is 43.7 Å². The summed E-state index contributed by atoms with van der Waals surface area (Å²) in [7, 11) is 0. The molecule has 2 aromatic rings. The van der Waals surface area contributed by atoms with E-state index < -0.39 is 17.7 Å². The first kappa shape index (κ1) is 26.5. The van der Waals surface area contributed by atoms with Crippen molar-refractivity contribution >= 4 is 17.4 Å². The molecule has 188 valence electrons. The summed E-state index contributed by atoms with van der Waals surface area (Å²) in [4.78, 5) is 29.4. The monoisotopic (exact) mass is 479 g/mol. The SMILES string of the molecule is CC[NH+](CC)CCN1C(=O)C(=O)C(=C(O)c2ccc(OCC(C)C)cc2C)[C@H]1c1ccc(C)cc1. The number of aliphatic hydroxyl groups is 1. The topological polar surface area (TPSA) is 71.3 Å². The largest absolute Gasteiger partial charge is 0.507 e. The summed E-state index contributed by atoms with van der Waals surface area (Å²) in [5, 5.41) is 11.4. The Labute approximate surface area is 209 Å². The smallest absolute Gasteiger partial charge is 0.295 e. The number of carbonyl (C=O) groups excluding carboxylic acids is 2. The number of amides is 1. The highest BCUT2D eigenvalue weighted by atomic mass is 16.5. The number of carbonyl (C=O) groups is 2. The van der Waals surface area contributed by atoms with Crippen LogP contribution in [0.4, 0.5) is 0 Å². The summed E-state index contributed by atoms with van der Waals surface area (Å²) in [6.07, 6.45) is 0. The number of ketones is 1. The highest BCUT2D eigenvalue weighted by molar-refractivity contribution is 6.46. The van der Waals surface area contributed by atoms with Gasteiger partial charge in [0.1, 0.15) is 11.5 Å². The Kier molecular flexibility index (Phi) is 8.73. The molecular weight excluding hydrogens is 440 g/mol. The molecule has 0 aliphatic carbocycles. The fourth-order valence-electron chi connectivity index (χ4n) is 4.49. The maximum Gasteiger partial charge on any atom is 0.295 e. The van der Waals surface area contributed by atoms with Crippen molar-refractivity contribution in [3.05, 3.63) is 70.3 Å². The molecule has 35 heavy (non-hydrogen) atoms. The first-order valence-electron chi connectivity index (χ1n) is 12.6. The van der Waals surface area contributed by atoms with Crippen LogP contribution in [0.3, 0.4) is 0 Å². The molecular formula is C29H39N2O4+. The minimum atomic E-state index is -0.637. The molecule has 1 amide bonds. The molecule has 2 aromatic carbocycles. The lowest BCUT2D eigenvalue weighted by atomic mass is 9.93. The van der Waals surface area contributed by atoms with Crippen molar-refractivity contribution in [2.75, 3.05) is 32.8 Å². The van der Waals surface area contributed by atoms with Crippen molar-refractivity contribution in [2.24, 2.45) is 5.92 Å². The summed E-state index contributed by atoms with van der Waals surface area (Å²) in [6.45, 7) is 15.9. The summed E-state index contributed by atoms with van der Waals surface area (Å²) in [5.74, 6) is -0.225. The van der Waals surface area contributed by atoms with Crippen LogP contribution in [-0.2, 0) is 9.59 Å². The van der Waals surface area contributed by atoms with Crippen LogP contribution in [0.15, 0.2) is 48.0 Å². The number of rotatable bonds is 10.